The molecule has 1 aromatic rings. The number of ether oxygens (including phenoxy) is 1. The van der Waals surface area contributed by atoms with Crippen molar-refractivity contribution in [3.05, 3.63) is 29.8 Å². The maximum atomic E-state index is 12.2. The molecule has 20 heavy (non-hydrogen) atoms. The van der Waals surface area contributed by atoms with Gasteiger partial charge >= 0.3 is 11.8 Å². The molecule has 1 aliphatic heterocycles. The third-order valence-corrected chi connectivity index (χ3v) is 3.27. The van der Waals surface area contributed by atoms with E-state index in [0.717, 1.165) is 4.90 Å². The lowest BCUT2D eigenvalue weighted by Crippen LogP contribution is -2.55. The quantitative estimate of drug-likeness (QED) is 0.596. The number of carbonyl (C=O) groups excluding carboxylic acids is 3. The topological polar surface area (TPSA) is 66.9 Å². The number of benzene rings is 1. The van der Waals surface area contributed by atoms with Crippen LogP contribution in [0.1, 0.15) is 17.3 Å². The first kappa shape index (κ1) is 14.0. The molecule has 0 aromatic heterocycles. The Labute approximate surface area is 116 Å². The Morgan fingerprint density at radius 3 is 2.35 bits per heavy atom. The molecule has 2 rings (SSSR count). The summed E-state index contributed by atoms with van der Waals surface area (Å²) in [6.45, 7) is 2.87. The molecule has 0 saturated carbocycles. The number of imide groups is 1. The van der Waals surface area contributed by atoms with E-state index in [-0.39, 0.29) is 6.54 Å². The van der Waals surface area contributed by atoms with Gasteiger partial charge in [-0.2, -0.15) is 0 Å². The van der Waals surface area contributed by atoms with Crippen LogP contribution in [0.5, 0.6) is 5.75 Å². The lowest BCUT2D eigenvalue weighted by molar-refractivity contribution is -0.153. The number of hydrogen-bond acceptors (Lipinski definition) is 4. The lowest BCUT2D eigenvalue weighted by atomic mass is 10.1. The molecular formula is C14H16N2O4. The van der Waals surface area contributed by atoms with E-state index in [1.54, 1.807) is 31.2 Å². The van der Waals surface area contributed by atoms with E-state index in [2.05, 4.69) is 0 Å². The molecule has 1 aliphatic rings. The molecule has 0 bridgehead atoms. The van der Waals surface area contributed by atoms with Crippen LogP contribution in [0.25, 0.3) is 0 Å². The van der Waals surface area contributed by atoms with Crippen molar-refractivity contribution >= 4 is 17.7 Å². The molecular weight excluding hydrogens is 260 g/mol. The van der Waals surface area contributed by atoms with Gasteiger partial charge in [0.25, 0.3) is 5.91 Å². The van der Waals surface area contributed by atoms with Crippen molar-refractivity contribution in [1.82, 2.24) is 9.80 Å². The van der Waals surface area contributed by atoms with Gasteiger partial charge in [-0.15, -0.1) is 0 Å². The summed E-state index contributed by atoms with van der Waals surface area (Å²) in [7, 11) is 1.53. The number of nitrogens with zero attached hydrogens (tertiary/aromatic N) is 2. The summed E-state index contributed by atoms with van der Waals surface area (Å²) < 4.78 is 5.01. The van der Waals surface area contributed by atoms with Gasteiger partial charge in [-0.3, -0.25) is 19.3 Å². The van der Waals surface area contributed by atoms with Gasteiger partial charge < -0.3 is 9.64 Å². The van der Waals surface area contributed by atoms with E-state index in [9.17, 15) is 14.4 Å². The second-order valence-corrected chi connectivity index (χ2v) is 4.38. The second kappa shape index (κ2) is 5.73. The number of methoxy groups -OCH3 is 1. The zero-order valence-electron chi connectivity index (χ0n) is 11.5. The molecule has 6 heteroatoms. The summed E-state index contributed by atoms with van der Waals surface area (Å²) in [5.74, 6) is -1.22. The summed E-state index contributed by atoms with van der Waals surface area (Å²) >= 11 is 0. The Morgan fingerprint density at radius 1 is 1.15 bits per heavy atom. The van der Waals surface area contributed by atoms with Gasteiger partial charge in [0.15, 0.2) is 0 Å². The van der Waals surface area contributed by atoms with Crippen LogP contribution in [-0.4, -0.2) is 54.3 Å². The smallest absolute Gasteiger partial charge is 0.319 e. The van der Waals surface area contributed by atoms with Gasteiger partial charge in [-0.05, 0) is 31.2 Å². The van der Waals surface area contributed by atoms with Crippen LogP contribution < -0.4 is 4.74 Å². The average Bonchev–Trinajstić information content (AvgIpc) is 2.49. The summed E-state index contributed by atoms with van der Waals surface area (Å²) in [6.07, 6.45) is 0. The largest absolute Gasteiger partial charge is 0.497 e. The Bertz CT molecular complexity index is 539. The number of likely N-dealkylation sites (N-methyl/N-ethyl adjacent to an activating group) is 1. The van der Waals surface area contributed by atoms with Gasteiger partial charge in [0.1, 0.15) is 5.75 Å². The van der Waals surface area contributed by atoms with E-state index in [1.165, 1.54) is 12.0 Å². The van der Waals surface area contributed by atoms with Crippen LogP contribution in [0.2, 0.25) is 0 Å². The van der Waals surface area contributed by atoms with E-state index >= 15 is 0 Å². The Balaban J connectivity index is 2.16. The van der Waals surface area contributed by atoms with Crippen molar-refractivity contribution < 1.29 is 19.1 Å². The van der Waals surface area contributed by atoms with E-state index in [0.29, 0.717) is 24.4 Å². The fourth-order valence-corrected chi connectivity index (χ4v) is 2.06. The summed E-state index contributed by atoms with van der Waals surface area (Å²) in [5.41, 5.74) is 0.358. The number of rotatable bonds is 3. The Kier molecular flexibility index (Phi) is 4.02. The Hall–Kier alpha value is -2.37. The zero-order valence-corrected chi connectivity index (χ0v) is 11.5. The van der Waals surface area contributed by atoms with Crippen LogP contribution in [0.15, 0.2) is 24.3 Å². The van der Waals surface area contributed by atoms with Crippen molar-refractivity contribution in [2.24, 2.45) is 0 Å². The van der Waals surface area contributed by atoms with Crippen molar-refractivity contribution in [2.45, 2.75) is 6.92 Å². The molecule has 6 nitrogen and oxygen atoms in total. The first-order valence-electron chi connectivity index (χ1n) is 6.37. The molecule has 1 heterocycles. The van der Waals surface area contributed by atoms with Gasteiger partial charge in [-0.1, -0.05) is 0 Å². The minimum absolute atomic E-state index is 0.225. The number of hydrogen-bond donors (Lipinski definition) is 0. The Morgan fingerprint density at radius 2 is 1.80 bits per heavy atom. The molecule has 0 aliphatic carbocycles. The molecule has 1 aromatic carbocycles. The predicted molar refractivity (Wildman–Crippen MR) is 71.3 cm³/mol. The maximum absolute atomic E-state index is 12.2. The number of piperazine rings is 1. The fourth-order valence-electron chi connectivity index (χ4n) is 2.06. The minimum Gasteiger partial charge on any atom is -0.497 e. The highest BCUT2D eigenvalue weighted by molar-refractivity contribution is 6.38. The molecule has 106 valence electrons. The van der Waals surface area contributed by atoms with Gasteiger partial charge in [-0.25, -0.2) is 0 Å². The van der Waals surface area contributed by atoms with Crippen LogP contribution in [0, 0.1) is 0 Å². The average molecular weight is 276 g/mol. The van der Waals surface area contributed by atoms with Gasteiger partial charge in [0.05, 0.1) is 7.11 Å². The predicted octanol–water partition coefficient (Wildman–Crippen LogP) is 0.526. The highest BCUT2D eigenvalue weighted by atomic mass is 16.5. The fraction of sp³-hybridized carbons (Fsp3) is 0.357. The van der Waals surface area contributed by atoms with Crippen molar-refractivity contribution in [3.63, 3.8) is 0 Å². The third kappa shape index (κ3) is 2.49. The van der Waals surface area contributed by atoms with Gasteiger partial charge in [0, 0.05) is 25.2 Å². The highest BCUT2D eigenvalue weighted by Crippen LogP contribution is 2.15. The van der Waals surface area contributed by atoms with Crippen molar-refractivity contribution in [1.29, 1.82) is 0 Å². The summed E-state index contributed by atoms with van der Waals surface area (Å²) in [4.78, 5) is 38.4. The van der Waals surface area contributed by atoms with E-state index < -0.39 is 17.7 Å². The normalized spacial score (nSPS) is 15.5. The van der Waals surface area contributed by atoms with Crippen molar-refractivity contribution in [3.8, 4) is 5.75 Å². The van der Waals surface area contributed by atoms with E-state index in [1.807, 2.05) is 0 Å². The number of carbonyl (C=O) groups is 3. The second-order valence-electron chi connectivity index (χ2n) is 4.38. The molecule has 1 saturated heterocycles. The summed E-state index contributed by atoms with van der Waals surface area (Å²) in [5, 5.41) is 0. The van der Waals surface area contributed by atoms with Crippen LogP contribution in [0.3, 0.4) is 0 Å². The first-order valence-corrected chi connectivity index (χ1v) is 6.37. The molecule has 0 atom stereocenters. The van der Waals surface area contributed by atoms with E-state index in [4.69, 9.17) is 4.74 Å². The first-order chi connectivity index (χ1) is 9.58. The third-order valence-electron chi connectivity index (χ3n) is 3.27. The van der Waals surface area contributed by atoms with Crippen LogP contribution >= 0.6 is 0 Å². The molecule has 0 radical (unpaired) electrons. The van der Waals surface area contributed by atoms with Crippen LogP contribution in [-0.2, 0) is 9.59 Å². The summed E-state index contributed by atoms with van der Waals surface area (Å²) in [6, 6.07) is 6.43. The van der Waals surface area contributed by atoms with Crippen LogP contribution in [0.4, 0.5) is 0 Å². The van der Waals surface area contributed by atoms with Gasteiger partial charge in [0.2, 0.25) is 0 Å². The lowest BCUT2D eigenvalue weighted by Gasteiger charge is -2.31. The molecule has 1 fully saturated rings. The number of amides is 3. The molecule has 0 N–H and O–H groups in total. The van der Waals surface area contributed by atoms with Crippen molar-refractivity contribution in [2.75, 3.05) is 26.7 Å². The SMILES string of the molecule is CCN1CCN(C(=O)c2ccc(OC)cc2)C(=O)C1=O. The maximum Gasteiger partial charge on any atom is 0.319 e. The highest BCUT2D eigenvalue weighted by Gasteiger charge is 2.35. The molecule has 0 spiro atoms. The molecule has 3 amide bonds. The molecule has 0 unspecified atom stereocenters. The standard InChI is InChI=1S/C14H16N2O4/c1-3-15-8-9-16(14(19)13(15)18)12(17)10-4-6-11(20-2)7-5-10/h4-7H,3,8-9H2,1-2H3. The monoisotopic (exact) mass is 276 g/mol. The minimum atomic E-state index is -0.765. The zero-order chi connectivity index (χ0) is 14.7.